The summed E-state index contributed by atoms with van der Waals surface area (Å²) in [4.78, 5) is 33.1. The van der Waals surface area contributed by atoms with E-state index in [9.17, 15) is 14.9 Å². The van der Waals surface area contributed by atoms with Gasteiger partial charge in [0.1, 0.15) is 17.4 Å². The van der Waals surface area contributed by atoms with E-state index in [1.54, 1.807) is 23.7 Å². The number of thiophene rings is 1. The summed E-state index contributed by atoms with van der Waals surface area (Å²) in [5.74, 6) is -0.625. The Bertz CT molecular complexity index is 1050. The first-order chi connectivity index (χ1) is 13.2. The zero-order chi connectivity index (χ0) is 18.8. The zero-order valence-corrected chi connectivity index (χ0v) is 14.7. The maximum absolute atomic E-state index is 12.5. The van der Waals surface area contributed by atoms with Crippen LogP contribution in [0.25, 0.3) is 11.4 Å². The molecule has 0 aliphatic carbocycles. The summed E-state index contributed by atoms with van der Waals surface area (Å²) < 4.78 is 0. The first kappa shape index (κ1) is 16.9. The van der Waals surface area contributed by atoms with Crippen LogP contribution in [-0.2, 0) is 16.0 Å². The number of H-pyrrole nitrogens is 1. The van der Waals surface area contributed by atoms with Crippen LogP contribution >= 0.6 is 11.3 Å². The highest BCUT2D eigenvalue weighted by molar-refractivity contribution is 7.15. The molecular formula is C17H13N7O2S. The van der Waals surface area contributed by atoms with Gasteiger partial charge in [0, 0.05) is 24.4 Å². The predicted molar refractivity (Wildman–Crippen MR) is 97.7 cm³/mol. The van der Waals surface area contributed by atoms with E-state index in [0.29, 0.717) is 34.1 Å². The molecule has 2 amide bonds. The lowest BCUT2D eigenvalue weighted by molar-refractivity contribution is -0.125. The van der Waals surface area contributed by atoms with E-state index in [4.69, 9.17) is 0 Å². The molecule has 27 heavy (non-hydrogen) atoms. The van der Waals surface area contributed by atoms with Gasteiger partial charge in [0.2, 0.25) is 11.8 Å². The molecule has 10 heteroatoms. The van der Waals surface area contributed by atoms with Crippen LogP contribution < -0.4 is 10.6 Å². The van der Waals surface area contributed by atoms with Crippen LogP contribution in [0.2, 0.25) is 0 Å². The summed E-state index contributed by atoms with van der Waals surface area (Å²) >= 11 is 1.22. The van der Waals surface area contributed by atoms with Gasteiger partial charge in [-0.1, -0.05) is 0 Å². The third-order valence-corrected chi connectivity index (χ3v) is 5.10. The van der Waals surface area contributed by atoms with Gasteiger partial charge in [-0.15, -0.1) is 11.3 Å². The van der Waals surface area contributed by atoms with Crippen LogP contribution in [0.3, 0.4) is 0 Å². The van der Waals surface area contributed by atoms with Crippen LogP contribution in [-0.4, -0.2) is 32.0 Å². The molecular weight excluding hydrogens is 366 g/mol. The van der Waals surface area contributed by atoms with Crippen LogP contribution in [0.5, 0.6) is 0 Å². The second-order valence-corrected chi connectivity index (χ2v) is 6.82. The number of nitrogens with zero attached hydrogens (tertiary/aromatic N) is 4. The lowest BCUT2D eigenvalue weighted by Gasteiger charge is -2.23. The number of pyridine rings is 1. The highest BCUT2D eigenvalue weighted by Crippen LogP contribution is 2.35. The van der Waals surface area contributed by atoms with Gasteiger partial charge in [-0.25, -0.2) is 4.98 Å². The number of hydrogen-bond acceptors (Lipinski definition) is 7. The zero-order valence-electron chi connectivity index (χ0n) is 13.9. The molecule has 1 unspecified atom stereocenters. The number of hydrogen-bond donors (Lipinski definition) is 3. The number of carbonyl (C=O) groups is 2. The Morgan fingerprint density at radius 2 is 2.33 bits per heavy atom. The molecule has 0 aromatic carbocycles. The largest absolute Gasteiger partial charge is 0.324 e. The molecule has 0 spiro atoms. The average Bonchev–Trinajstić information content (AvgIpc) is 3.31. The molecule has 0 saturated heterocycles. The SMILES string of the molecule is N#Cc1csc(NC(=O)CC2Cc3ncccc3NC2=O)c1-c1ncn[nH]1. The molecule has 0 radical (unpaired) electrons. The Morgan fingerprint density at radius 1 is 1.44 bits per heavy atom. The first-order valence-corrected chi connectivity index (χ1v) is 8.95. The Morgan fingerprint density at radius 3 is 3.11 bits per heavy atom. The number of aromatic nitrogens is 4. The molecule has 134 valence electrons. The normalized spacial score (nSPS) is 15.5. The molecule has 3 N–H and O–H groups in total. The van der Waals surface area contributed by atoms with Crippen molar-refractivity contribution >= 4 is 33.8 Å². The quantitative estimate of drug-likeness (QED) is 0.634. The number of rotatable bonds is 4. The van der Waals surface area contributed by atoms with Crippen molar-refractivity contribution in [3.63, 3.8) is 0 Å². The number of carbonyl (C=O) groups excluding carboxylic acids is 2. The summed E-state index contributed by atoms with van der Waals surface area (Å²) in [5, 5.41) is 23.5. The summed E-state index contributed by atoms with van der Waals surface area (Å²) in [6.45, 7) is 0. The minimum atomic E-state index is -0.503. The molecule has 1 atom stereocenters. The van der Waals surface area contributed by atoms with Crippen molar-refractivity contribution in [2.45, 2.75) is 12.8 Å². The van der Waals surface area contributed by atoms with Gasteiger partial charge in [-0.2, -0.15) is 10.4 Å². The van der Waals surface area contributed by atoms with E-state index in [-0.39, 0.29) is 18.2 Å². The molecule has 0 bridgehead atoms. The van der Waals surface area contributed by atoms with Crippen molar-refractivity contribution in [3.8, 4) is 17.5 Å². The molecule has 4 heterocycles. The van der Waals surface area contributed by atoms with E-state index < -0.39 is 5.92 Å². The van der Waals surface area contributed by atoms with E-state index in [1.165, 1.54) is 17.7 Å². The van der Waals surface area contributed by atoms with Gasteiger partial charge in [-0.05, 0) is 12.1 Å². The van der Waals surface area contributed by atoms with Gasteiger partial charge >= 0.3 is 0 Å². The third-order valence-electron chi connectivity index (χ3n) is 4.21. The molecule has 0 fully saturated rings. The molecule has 1 aliphatic heterocycles. The smallest absolute Gasteiger partial charge is 0.228 e. The Hall–Kier alpha value is -3.58. The van der Waals surface area contributed by atoms with E-state index >= 15 is 0 Å². The monoisotopic (exact) mass is 379 g/mol. The van der Waals surface area contributed by atoms with Crippen molar-refractivity contribution in [1.29, 1.82) is 5.26 Å². The maximum atomic E-state index is 12.5. The van der Waals surface area contributed by atoms with Crippen molar-refractivity contribution in [3.05, 3.63) is 41.3 Å². The van der Waals surface area contributed by atoms with Crippen molar-refractivity contribution in [2.75, 3.05) is 10.6 Å². The number of fused-ring (bicyclic) bond motifs is 1. The minimum Gasteiger partial charge on any atom is -0.324 e. The Kier molecular flexibility index (Phi) is 4.35. The number of nitrogens with one attached hydrogen (secondary N) is 3. The van der Waals surface area contributed by atoms with Gasteiger partial charge in [0.05, 0.1) is 28.4 Å². The summed E-state index contributed by atoms with van der Waals surface area (Å²) in [6.07, 6.45) is 3.40. The number of anilines is 2. The van der Waals surface area contributed by atoms with E-state index in [0.717, 1.165) is 5.69 Å². The van der Waals surface area contributed by atoms with Gasteiger partial charge in [0.15, 0.2) is 5.82 Å². The molecule has 0 saturated carbocycles. The van der Waals surface area contributed by atoms with Gasteiger partial charge in [-0.3, -0.25) is 19.7 Å². The molecule has 4 rings (SSSR count). The topological polar surface area (TPSA) is 136 Å². The average molecular weight is 379 g/mol. The van der Waals surface area contributed by atoms with E-state index in [1.807, 2.05) is 0 Å². The highest BCUT2D eigenvalue weighted by Gasteiger charge is 2.29. The molecule has 1 aliphatic rings. The molecule has 3 aromatic heterocycles. The minimum absolute atomic E-state index is 0.0114. The maximum Gasteiger partial charge on any atom is 0.228 e. The number of aromatic amines is 1. The lowest BCUT2D eigenvalue weighted by atomic mass is 9.93. The highest BCUT2D eigenvalue weighted by atomic mass is 32.1. The third kappa shape index (κ3) is 3.28. The summed E-state index contributed by atoms with van der Waals surface area (Å²) in [7, 11) is 0. The lowest BCUT2D eigenvalue weighted by Crippen LogP contribution is -2.33. The Balaban J connectivity index is 1.51. The van der Waals surface area contributed by atoms with Crippen molar-refractivity contribution in [2.24, 2.45) is 5.92 Å². The van der Waals surface area contributed by atoms with Crippen molar-refractivity contribution < 1.29 is 9.59 Å². The molecule has 9 nitrogen and oxygen atoms in total. The van der Waals surface area contributed by atoms with Crippen molar-refractivity contribution in [1.82, 2.24) is 20.2 Å². The fourth-order valence-corrected chi connectivity index (χ4v) is 3.84. The van der Waals surface area contributed by atoms with Gasteiger partial charge < -0.3 is 10.6 Å². The fourth-order valence-electron chi connectivity index (χ4n) is 2.93. The number of nitriles is 1. The van der Waals surface area contributed by atoms with Crippen LogP contribution in [0.4, 0.5) is 10.7 Å². The van der Waals surface area contributed by atoms with Crippen LogP contribution in [0, 0.1) is 17.2 Å². The second-order valence-electron chi connectivity index (χ2n) is 5.94. The Labute approximate surface area is 157 Å². The second kappa shape index (κ2) is 6.97. The fraction of sp³-hybridized carbons (Fsp3) is 0.176. The summed E-state index contributed by atoms with van der Waals surface area (Å²) in [5.41, 5.74) is 2.33. The number of amides is 2. The predicted octanol–water partition coefficient (Wildman–Crippen LogP) is 1.94. The standard InChI is InChI=1S/C17H13N7O2S/c18-6-10-7-27-17(14(10)15-20-8-21-24-15)23-13(25)5-9-4-12-11(22-16(9)26)2-1-3-19-12/h1-3,7-9H,4-5H2,(H,22,26)(H,23,25)(H,20,21,24). The van der Waals surface area contributed by atoms with Gasteiger partial charge in [0.25, 0.3) is 0 Å². The van der Waals surface area contributed by atoms with E-state index in [2.05, 4.69) is 36.9 Å². The first-order valence-electron chi connectivity index (χ1n) is 8.07. The summed E-state index contributed by atoms with van der Waals surface area (Å²) in [6, 6.07) is 5.61. The van der Waals surface area contributed by atoms with Crippen LogP contribution in [0.1, 0.15) is 17.7 Å². The molecule has 3 aromatic rings. The van der Waals surface area contributed by atoms with Crippen LogP contribution in [0.15, 0.2) is 30.0 Å².